The van der Waals surface area contributed by atoms with Gasteiger partial charge in [-0.2, -0.15) is 0 Å². The quantitative estimate of drug-likeness (QED) is 0.767. The number of nitrogens with zero attached hydrogens (tertiary/aromatic N) is 1. The second-order valence-corrected chi connectivity index (χ2v) is 7.42. The molecule has 0 spiro atoms. The van der Waals surface area contributed by atoms with Gasteiger partial charge in [0, 0.05) is 41.1 Å². The number of hydrogen-bond acceptors (Lipinski definition) is 2. The van der Waals surface area contributed by atoms with E-state index in [2.05, 4.69) is 5.32 Å². The van der Waals surface area contributed by atoms with Crippen molar-refractivity contribution >= 4 is 17.6 Å². The van der Waals surface area contributed by atoms with Crippen molar-refractivity contribution in [2.24, 2.45) is 0 Å². The van der Waals surface area contributed by atoms with Crippen LogP contribution in [0.25, 0.3) is 0 Å². The van der Waals surface area contributed by atoms with E-state index in [0.29, 0.717) is 35.4 Å². The zero-order valence-electron chi connectivity index (χ0n) is 15.1. The van der Waals surface area contributed by atoms with E-state index in [-0.39, 0.29) is 5.82 Å². The molecule has 1 saturated carbocycles. The van der Waals surface area contributed by atoms with Crippen molar-refractivity contribution in [1.82, 2.24) is 9.88 Å². The number of rotatable bonds is 6. The highest BCUT2D eigenvalue weighted by atomic mass is 35.5. The minimum Gasteiger partial charge on any atom is -0.478 e. The van der Waals surface area contributed by atoms with Crippen molar-refractivity contribution in [2.45, 2.75) is 58.7 Å². The second-order valence-electron chi connectivity index (χ2n) is 7.01. The monoisotopic (exact) mass is 378 g/mol. The van der Waals surface area contributed by atoms with Crippen molar-refractivity contribution in [3.8, 4) is 0 Å². The number of carboxylic acids is 1. The number of carboxylic acid groups (broad SMARTS) is 1. The Kier molecular flexibility index (Phi) is 5.68. The Hall–Kier alpha value is -1.85. The van der Waals surface area contributed by atoms with Crippen LogP contribution in [0.2, 0.25) is 5.02 Å². The van der Waals surface area contributed by atoms with Crippen LogP contribution in [0.15, 0.2) is 18.2 Å². The lowest BCUT2D eigenvalue weighted by Crippen LogP contribution is -2.26. The first-order valence-electron chi connectivity index (χ1n) is 8.97. The lowest BCUT2D eigenvalue weighted by molar-refractivity contribution is 0.0694. The first kappa shape index (κ1) is 18.9. The Balaban J connectivity index is 1.92. The molecular weight excluding hydrogens is 355 g/mol. The molecule has 1 aliphatic carbocycles. The van der Waals surface area contributed by atoms with Crippen molar-refractivity contribution in [2.75, 3.05) is 0 Å². The first-order chi connectivity index (χ1) is 12.4. The zero-order valence-corrected chi connectivity index (χ0v) is 15.9. The minimum atomic E-state index is -0.919. The van der Waals surface area contributed by atoms with Gasteiger partial charge in [0.25, 0.3) is 0 Å². The van der Waals surface area contributed by atoms with Gasteiger partial charge in [-0.3, -0.25) is 0 Å². The van der Waals surface area contributed by atoms with Gasteiger partial charge in [0.05, 0.1) is 5.56 Å². The molecule has 26 heavy (non-hydrogen) atoms. The van der Waals surface area contributed by atoms with Gasteiger partial charge in [0.15, 0.2) is 0 Å². The topological polar surface area (TPSA) is 54.3 Å². The summed E-state index contributed by atoms with van der Waals surface area (Å²) in [5.41, 5.74) is 3.54. The summed E-state index contributed by atoms with van der Waals surface area (Å²) in [6.07, 6.45) is 4.75. The van der Waals surface area contributed by atoms with E-state index in [1.54, 1.807) is 6.07 Å². The fourth-order valence-corrected chi connectivity index (χ4v) is 4.11. The maximum atomic E-state index is 13.3. The number of aromatic carboxylic acids is 1. The highest BCUT2D eigenvalue weighted by Crippen LogP contribution is 2.27. The molecular formula is C20H24ClFN2O2. The Morgan fingerprint density at radius 2 is 2.00 bits per heavy atom. The van der Waals surface area contributed by atoms with E-state index in [1.807, 2.05) is 18.4 Å². The molecule has 1 fully saturated rings. The largest absolute Gasteiger partial charge is 0.478 e. The molecule has 140 valence electrons. The van der Waals surface area contributed by atoms with Crippen LogP contribution < -0.4 is 5.32 Å². The lowest BCUT2D eigenvalue weighted by Gasteiger charge is -2.13. The molecule has 2 aromatic rings. The van der Waals surface area contributed by atoms with Gasteiger partial charge < -0.3 is 15.0 Å². The van der Waals surface area contributed by atoms with Crippen molar-refractivity contribution in [1.29, 1.82) is 0 Å². The fourth-order valence-electron chi connectivity index (χ4n) is 3.88. The van der Waals surface area contributed by atoms with Gasteiger partial charge in [-0.05, 0) is 44.4 Å². The number of benzene rings is 1. The van der Waals surface area contributed by atoms with Crippen LogP contribution in [0, 0.1) is 19.7 Å². The van der Waals surface area contributed by atoms with Gasteiger partial charge >= 0.3 is 5.97 Å². The summed E-state index contributed by atoms with van der Waals surface area (Å²) in [6.45, 7) is 4.71. The van der Waals surface area contributed by atoms with Crippen LogP contribution in [0.4, 0.5) is 4.39 Å². The van der Waals surface area contributed by atoms with Crippen LogP contribution in [-0.4, -0.2) is 21.7 Å². The zero-order chi connectivity index (χ0) is 18.8. The van der Waals surface area contributed by atoms with Crippen LogP contribution in [0.1, 0.15) is 58.6 Å². The van der Waals surface area contributed by atoms with Crippen LogP contribution in [0.3, 0.4) is 0 Å². The van der Waals surface area contributed by atoms with Crippen LogP contribution >= 0.6 is 11.6 Å². The summed E-state index contributed by atoms with van der Waals surface area (Å²) in [5, 5.41) is 13.6. The van der Waals surface area contributed by atoms with E-state index < -0.39 is 5.97 Å². The van der Waals surface area contributed by atoms with E-state index in [0.717, 1.165) is 29.7 Å². The molecule has 3 rings (SSSR count). The maximum Gasteiger partial charge on any atom is 0.337 e. The molecule has 0 unspecified atom stereocenters. The molecule has 0 aliphatic heterocycles. The Labute approximate surface area is 158 Å². The summed E-state index contributed by atoms with van der Waals surface area (Å²) in [7, 11) is 0. The third-order valence-electron chi connectivity index (χ3n) is 5.39. The van der Waals surface area contributed by atoms with Crippen molar-refractivity contribution < 1.29 is 14.3 Å². The molecule has 1 aromatic heterocycles. The highest BCUT2D eigenvalue weighted by molar-refractivity contribution is 6.31. The molecule has 2 N–H and O–H groups in total. The van der Waals surface area contributed by atoms with E-state index in [1.165, 1.54) is 25.0 Å². The summed E-state index contributed by atoms with van der Waals surface area (Å²) in [5.74, 6) is -1.30. The molecule has 4 nitrogen and oxygen atoms in total. The van der Waals surface area contributed by atoms with Gasteiger partial charge in [-0.1, -0.05) is 30.5 Å². The van der Waals surface area contributed by atoms with Crippen molar-refractivity contribution in [3.63, 3.8) is 0 Å². The average Bonchev–Trinajstić information content (AvgIpc) is 3.17. The SMILES string of the molecule is Cc1c(CNC2CCCC2)c(C(=O)O)c(C)n1Cc1ccc(F)cc1Cl. The molecule has 1 aromatic carbocycles. The number of aromatic nitrogens is 1. The Morgan fingerprint density at radius 3 is 2.62 bits per heavy atom. The summed E-state index contributed by atoms with van der Waals surface area (Å²) >= 11 is 6.16. The molecule has 0 saturated heterocycles. The third-order valence-corrected chi connectivity index (χ3v) is 5.74. The lowest BCUT2D eigenvalue weighted by atomic mass is 10.1. The number of carbonyl (C=O) groups is 1. The number of hydrogen-bond donors (Lipinski definition) is 2. The average molecular weight is 379 g/mol. The molecule has 6 heteroatoms. The first-order valence-corrected chi connectivity index (χ1v) is 9.35. The van der Waals surface area contributed by atoms with Gasteiger partial charge in [-0.15, -0.1) is 0 Å². The Morgan fingerprint density at radius 1 is 1.31 bits per heavy atom. The highest BCUT2D eigenvalue weighted by Gasteiger charge is 2.24. The summed E-state index contributed by atoms with van der Waals surface area (Å²) < 4.78 is 15.2. The number of nitrogens with one attached hydrogen (secondary N) is 1. The molecule has 1 heterocycles. The van der Waals surface area contributed by atoms with E-state index in [9.17, 15) is 14.3 Å². The molecule has 1 aliphatic rings. The van der Waals surface area contributed by atoms with Gasteiger partial charge in [0.2, 0.25) is 0 Å². The fraction of sp³-hybridized carbons (Fsp3) is 0.450. The molecule has 0 atom stereocenters. The molecule has 0 bridgehead atoms. The van der Waals surface area contributed by atoms with Crippen LogP contribution in [0.5, 0.6) is 0 Å². The standard InChI is InChI=1S/C20H24ClFN2O2/c1-12-17(10-23-16-5-3-4-6-16)19(20(25)26)13(2)24(12)11-14-7-8-15(22)9-18(14)21/h7-9,16,23H,3-6,10-11H2,1-2H3,(H,25,26). The smallest absolute Gasteiger partial charge is 0.337 e. The predicted octanol–water partition coefficient (Wildman–Crippen LogP) is 4.68. The maximum absolute atomic E-state index is 13.3. The third kappa shape index (κ3) is 3.79. The molecule has 0 amide bonds. The van der Waals surface area contributed by atoms with Crippen LogP contribution in [-0.2, 0) is 13.1 Å². The minimum absolute atomic E-state index is 0.347. The predicted molar refractivity (Wildman–Crippen MR) is 100 cm³/mol. The summed E-state index contributed by atoms with van der Waals surface area (Å²) in [6, 6.07) is 4.76. The number of halogens is 2. The van der Waals surface area contributed by atoms with Crippen molar-refractivity contribution in [3.05, 3.63) is 57.1 Å². The molecule has 0 radical (unpaired) electrons. The van der Waals surface area contributed by atoms with E-state index >= 15 is 0 Å². The normalized spacial score (nSPS) is 14.9. The summed E-state index contributed by atoms with van der Waals surface area (Å²) in [4.78, 5) is 11.9. The Bertz CT molecular complexity index is 826. The van der Waals surface area contributed by atoms with Gasteiger partial charge in [-0.25, -0.2) is 9.18 Å². The second kappa shape index (κ2) is 7.80. The van der Waals surface area contributed by atoms with E-state index in [4.69, 9.17) is 11.6 Å². The van der Waals surface area contributed by atoms with Gasteiger partial charge in [0.1, 0.15) is 5.82 Å².